The highest BCUT2D eigenvalue weighted by atomic mass is 15.2. The number of para-hydroxylation sites is 2. The largest absolute Gasteiger partial charge is 0.294 e. The van der Waals surface area contributed by atoms with E-state index in [1.165, 1.54) is 33.5 Å². The summed E-state index contributed by atoms with van der Waals surface area (Å²) in [5.41, 5.74) is 8.58. The van der Waals surface area contributed by atoms with Crippen LogP contribution in [0, 0.1) is 6.92 Å². The molecule has 1 aliphatic rings. The number of hydrogen-bond donors (Lipinski definition) is 0. The van der Waals surface area contributed by atoms with Crippen molar-refractivity contribution in [2.45, 2.75) is 6.92 Å². The second-order valence-electron chi connectivity index (χ2n) is 6.56. The monoisotopic (exact) mass is 334 g/mol. The van der Waals surface area contributed by atoms with Gasteiger partial charge in [-0.25, -0.2) is 4.98 Å². The standard InChI is InChI=1S/C24H18N2/c1-17-9-8-13-21-19-11-3-2-10-18(19)20-12-4-5-14-22(20)26(24(17)21)23-15-6-7-16-25-23/h2-16H,1H3. The molecule has 3 aromatic carbocycles. The number of nitrogens with zero attached hydrogens (tertiary/aromatic N) is 2. The molecule has 26 heavy (non-hydrogen) atoms. The van der Waals surface area contributed by atoms with Crippen molar-refractivity contribution in [1.29, 1.82) is 0 Å². The zero-order valence-corrected chi connectivity index (χ0v) is 14.6. The molecule has 2 heteroatoms. The van der Waals surface area contributed by atoms with Crippen molar-refractivity contribution in [2.75, 3.05) is 4.90 Å². The molecule has 0 radical (unpaired) electrons. The fourth-order valence-electron chi connectivity index (χ4n) is 3.87. The number of anilines is 3. The molecule has 0 saturated carbocycles. The maximum absolute atomic E-state index is 4.67. The van der Waals surface area contributed by atoms with E-state index in [0.717, 1.165) is 11.5 Å². The number of pyridine rings is 1. The molecular weight excluding hydrogens is 316 g/mol. The minimum Gasteiger partial charge on any atom is -0.294 e. The lowest BCUT2D eigenvalue weighted by Gasteiger charge is -2.27. The van der Waals surface area contributed by atoms with Crippen molar-refractivity contribution < 1.29 is 0 Å². The van der Waals surface area contributed by atoms with Crippen molar-refractivity contribution in [3.8, 4) is 22.3 Å². The Hall–Kier alpha value is -3.39. The Kier molecular flexibility index (Phi) is 3.36. The van der Waals surface area contributed by atoms with Crippen LogP contribution in [0.1, 0.15) is 5.56 Å². The third-order valence-corrected chi connectivity index (χ3v) is 4.99. The molecule has 1 aromatic heterocycles. The quantitative estimate of drug-likeness (QED) is 0.347. The highest BCUT2D eigenvalue weighted by molar-refractivity contribution is 6.02. The fourth-order valence-corrected chi connectivity index (χ4v) is 3.87. The minimum absolute atomic E-state index is 0.934. The molecule has 0 aliphatic carbocycles. The average molecular weight is 334 g/mol. The van der Waals surface area contributed by atoms with Gasteiger partial charge in [-0.2, -0.15) is 0 Å². The molecule has 0 saturated heterocycles. The normalized spacial score (nSPS) is 12.0. The van der Waals surface area contributed by atoms with Gasteiger partial charge in [-0.1, -0.05) is 66.7 Å². The molecule has 0 unspecified atom stereocenters. The molecule has 124 valence electrons. The Morgan fingerprint density at radius 2 is 1.27 bits per heavy atom. The summed E-state index contributed by atoms with van der Waals surface area (Å²) in [6, 6.07) is 29.8. The molecular formula is C24H18N2. The van der Waals surface area contributed by atoms with E-state index in [0.29, 0.717) is 0 Å². The van der Waals surface area contributed by atoms with Crippen LogP contribution >= 0.6 is 0 Å². The van der Waals surface area contributed by atoms with Gasteiger partial charge in [-0.15, -0.1) is 0 Å². The lowest BCUT2D eigenvalue weighted by atomic mass is 9.94. The summed E-state index contributed by atoms with van der Waals surface area (Å²) in [6.07, 6.45) is 1.86. The highest BCUT2D eigenvalue weighted by Crippen LogP contribution is 2.50. The second kappa shape index (κ2) is 5.85. The van der Waals surface area contributed by atoms with Crippen molar-refractivity contribution in [1.82, 2.24) is 4.98 Å². The van der Waals surface area contributed by atoms with Crippen LogP contribution in [-0.4, -0.2) is 4.98 Å². The van der Waals surface area contributed by atoms with Crippen LogP contribution in [0.5, 0.6) is 0 Å². The Balaban J connectivity index is 1.96. The summed E-state index contributed by atoms with van der Waals surface area (Å²) in [5, 5.41) is 0. The van der Waals surface area contributed by atoms with E-state index in [4.69, 9.17) is 0 Å². The van der Waals surface area contributed by atoms with E-state index >= 15 is 0 Å². The molecule has 0 fully saturated rings. The zero-order valence-electron chi connectivity index (χ0n) is 14.6. The van der Waals surface area contributed by atoms with E-state index < -0.39 is 0 Å². The molecule has 0 spiro atoms. The van der Waals surface area contributed by atoms with Crippen LogP contribution in [0.25, 0.3) is 22.3 Å². The number of aryl methyl sites for hydroxylation is 1. The van der Waals surface area contributed by atoms with E-state index in [1.54, 1.807) is 0 Å². The van der Waals surface area contributed by atoms with E-state index in [2.05, 4.69) is 89.6 Å². The zero-order chi connectivity index (χ0) is 17.5. The van der Waals surface area contributed by atoms with Gasteiger partial charge in [0.1, 0.15) is 5.82 Å². The van der Waals surface area contributed by atoms with Gasteiger partial charge in [-0.3, -0.25) is 4.90 Å². The van der Waals surface area contributed by atoms with Crippen LogP contribution in [0.4, 0.5) is 17.2 Å². The molecule has 2 nitrogen and oxygen atoms in total. The summed E-state index contributed by atoms with van der Waals surface area (Å²) in [4.78, 5) is 6.96. The number of fused-ring (bicyclic) bond motifs is 5. The first-order valence-corrected chi connectivity index (χ1v) is 8.84. The summed E-state index contributed by atoms with van der Waals surface area (Å²) >= 11 is 0. The third kappa shape index (κ3) is 2.16. The maximum Gasteiger partial charge on any atom is 0.137 e. The molecule has 0 amide bonds. The smallest absolute Gasteiger partial charge is 0.137 e. The van der Waals surface area contributed by atoms with E-state index in [-0.39, 0.29) is 0 Å². The number of benzene rings is 3. The van der Waals surface area contributed by atoms with Crippen LogP contribution < -0.4 is 4.90 Å². The molecule has 4 aromatic rings. The van der Waals surface area contributed by atoms with Crippen LogP contribution in [0.15, 0.2) is 91.1 Å². The van der Waals surface area contributed by atoms with Gasteiger partial charge in [0.2, 0.25) is 0 Å². The summed E-state index contributed by atoms with van der Waals surface area (Å²) in [6.45, 7) is 2.17. The van der Waals surface area contributed by atoms with E-state index in [1.807, 2.05) is 18.3 Å². The van der Waals surface area contributed by atoms with Crippen molar-refractivity contribution >= 4 is 17.2 Å². The average Bonchev–Trinajstić information content (AvgIpc) is 2.83. The molecule has 1 aliphatic heterocycles. The highest BCUT2D eigenvalue weighted by Gasteiger charge is 2.27. The number of hydrogen-bond acceptors (Lipinski definition) is 2. The lowest BCUT2D eigenvalue weighted by molar-refractivity contribution is 1.17. The van der Waals surface area contributed by atoms with Gasteiger partial charge < -0.3 is 0 Å². The maximum atomic E-state index is 4.67. The minimum atomic E-state index is 0.934. The van der Waals surface area contributed by atoms with Crippen molar-refractivity contribution in [3.63, 3.8) is 0 Å². The van der Waals surface area contributed by atoms with Crippen LogP contribution in [0.2, 0.25) is 0 Å². The van der Waals surface area contributed by atoms with E-state index in [9.17, 15) is 0 Å². The predicted molar refractivity (Wildman–Crippen MR) is 108 cm³/mol. The molecule has 2 heterocycles. The summed E-state index contributed by atoms with van der Waals surface area (Å²) < 4.78 is 0. The Labute approximate surface area is 153 Å². The molecule has 5 rings (SSSR count). The summed E-state index contributed by atoms with van der Waals surface area (Å²) in [5.74, 6) is 0.934. The first kappa shape index (κ1) is 14.9. The fraction of sp³-hybridized carbons (Fsp3) is 0.0417. The van der Waals surface area contributed by atoms with Gasteiger partial charge in [0, 0.05) is 17.3 Å². The Morgan fingerprint density at radius 3 is 2.04 bits per heavy atom. The SMILES string of the molecule is Cc1cccc2c1N(c1ccccn1)c1ccccc1-c1ccccc1-2. The number of rotatable bonds is 1. The molecule has 0 atom stereocenters. The van der Waals surface area contributed by atoms with Gasteiger partial charge in [0.25, 0.3) is 0 Å². The summed E-state index contributed by atoms with van der Waals surface area (Å²) in [7, 11) is 0. The van der Waals surface area contributed by atoms with Gasteiger partial charge >= 0.3 is 0 Å². The Morgan fingerprint density at radius 1 is 0.615 bits per heavy atom. The van der Waals surface area contributed by atoms with Crippen molar-refractivity contribution in [2.24, 2.45) is 0 Å². The lowest BCUT2D eigenvalue weighted by Crippen LogP contribution is -2.13. The molecule has 0 N–H and O–H groups in total. The van der Waals surface area contributed by atoms with Gasteiger partial charge in [0.15, 0.2) is 0 Å². The topological polar surface area (TPSA) is 16.1 Å². The first-order valence-electron chi connectivity index (χ1n) is 8.84. The molecule has 0 bridgehead atoms. The first-order chi connectivity index (χ1) is 12.8. The predicted octanol–water partition coefficient (Wildman–Crippen LogP) is 6.51. The van der Waals surface area contributed by atoms with Gasteiger partial charge in [-0.05, 0) is 41.8 Å². The third-order valence-electron chi connectivity index (χ3n) is 4.99. The van der Waals surface area contributed by atoms with Crippen molar-refractivity contribution in [3.05, 3.63) is 96.7 Å². The van der Waals surface area contributed by atoms with Gasteiger partial charge in [0.05, 0.1) is 11.4 Å². The van der Waals surface area contributed by atoms with Crippen LogP contribution in [-0.2, 0) is 0 Å². The van der Waals surface area contributed by atoms with Crippen LogP contribution in [0.3, 0.4) is 0 Å². The second-order valence-corrected chi connectivity index (χ2v) is 6.56. The Bertz CT molecular complexity index is 1100. The number of aromatic nitrogens is 1.